The number of carbonyl (C=O) groups excluding carboxylic acids is 1. The first kappa shape index (κ1) is 32.8. The SMILES string of the molecule is CCOC(=O)C1=C(C)N=c2s/c(=C\c3cc(Br)c(OCc4ccccc4F)c([N+](=O)[O-])c3)c(=O)n2[C@H]1c1ccccc1OC(C)C. The number of aromatic nitrogens is 1. The number of ether oxygens (including phenoxy) is 3. The Hall–Kier alpha value is -4.62. The van der Waals surface area contributed by atoms with Crippen molar-refractivity contribution in [3.8, 4) is 11.5 Å². The maximum Gasteiger partial charge on any atom is 0.338 e. The van der Waals surface area contributed by atoms with Gasteiger partial charge in [-0.1, -0.05) is 47.7 Å². The minimum atomic E-state index is -0.900. The van der Waals surface area contributed by atoms with Gasteiger partial charge in [-0.05, 0) is 73.5 Å². The van der Waals surface area contributed by atoms with Crippen LogP contribution in [-0.2, 0) is 16.1 Å². The number of hydrogen-bond acceptors (Lipinski definition) is 9. The van der Waals surface area contributed by atoms with Crippen LogP contribution in [-0.4, -0.2) is 28.2 Å². The molecule has 0 fully saturated rings. The van der Waals surface area contributed by atoms with E-state index in [0.29, 0.717) is 27.4 Å². The zero-order chi connectivity index (χ0) is 33.1. The first-order chi connectivity index (χ1) is 22.0. The van der Waals surface area contributed by atoms with E-state index in [1.165, 1.54) is 34.9 Å². The van der Waals surface area contributed by atoms with Crippen molar-refractivity contribution in [2.45, 2.75) is 46.4 Å². The summed E-state index contributed by atoms with van der Waals surface area (Å²) in [5.74, 6) is -0.679. The minimum Gasteiger partial charge on any atom is -0.491 e. The quantitative estimate of drug-likeness (QED) is 0.113. The standard InChI is InChI=1S/C33H29BrFN3O7S/c1-5-43-32(40)28-19(4)36-33-37(29(28)22-11-7-9-13-26(22)45-18(2)3)31(39)27(46-33)16-20-14-23(34)30(25(15-20)38(41)42)44-17-21-10-6-8-12-24(21)35/h6-16,18,29H,5,17H2,1-4H3/b27-16-/t29-/m0/s1. The number of esters is 1. The highest BCUT2D eigenvalue weighted by Crippen LogP contribution is 2.38. The molecule has 0 unspecified atom stereocenters. The molecule has 0 saturated heterocycles. The Kier molecular flexibility index (Phi) is 9.82. The Bertz CT molecular complexity index is 2050. The molecule has 0 aliphatic carbocycles. The summed E-state index contributed by atoms with van der Waals surface area (Å²) in [6, 6.07) is 15.1. The number of fused-ring (bicyclic) bond motifs is 1. The Balaban J connectivity index is 1.64. The molecule has 2 heterocycles. The van der Waals surface area contributed by atoms with Crippen molar-refractivity contribution < 1.29 is 28.3 Å². The average molecular weight is 711 g/mol. The molecule has 0 amide bonds. The summed E-state index contributed by atoms with van der Waals surface area (Å²) >= 11 is 4.43. The van der Waals surface area contributed by atoms with Crippen LogP contribution in [0.15, 0.2) is 86.2 Å². The predicted molar refractivity (Wildman–Crippen MR) is 174 cm³/mol. The summed E-state index contributed by atoms with van der Waals surface area (Å²) < 4.78 is 33.2. The molecule has 3 aromatic carbocycles. The third kappa shape index (κ3) is 6.65. The third-order valence-electron chi connectivity index (χ3n) is 6.96. The Morgan fingerprint density at radius 1 is 1.20 bits per heavy atom. The van der Waals surface area contributed by atoms with E-state index >= 15 is 0 Å². The fourth-order valence-corrected chi connectivity index (χ4v) is 6.66. The highest BCUT2D eigenvalue weighted by atomic mass is 79.9. The normalized spacial score (nSPS) is 14.6. The molecule has 10 nitrogen and oxygen atoms in total. The maximum absolute atomic E-state index is 14.1. The first-order valence-electron chi connectivity index (χ1n) is 14.3. The number of carbonyl (C=O) groups is 1. The summed E-state index contributed by atoms with van der Waals surface area (Å²) in [7, 11) is 0. The molecule has 0 spiro atoms. The molecule has 13 heteroatoms. The molecule has 1 aliphatic rings. The number of allylic oxidation sites excluding steroid dienone is 1. The molecule has 1 aromatic heterocycles. The molecular formula is C33H29BrFN3O7S. The van der Waals surface area contributed by atoms with Crippen LogP contribution in [0.2, 0.25) is 0 Å². The van der Waals surface area contributed by atoms with Gasteiger partial charge in [0.25, 0.3) is 5.56 Å². The number of nitro benzene ring substituents is 1. The van der Waals surface area contributed by atoms with Crippen LogP contribution in [0.5, 0.6) is 11.5 Å². The molecule has 0 saturated carbocycles. The lowest BCUT2D eigenvalue weighted by molar-refractivity contribution is -0.386. The van der Waals surface area contributed by atoms with Gasteiger partial charge in [0, 0.05) is 17.2 Å². The zero-order valence-electron chi connectivity index (χ0n) is 25.3. The molecule has 238 valence electrons. The van der Waals surface area contributed by atoms with Crippen LogP contribution in [0.4, 0.5) is 10.1 Å². The van der Waals surface area contributed by atoms with E-state index in [1.54, 1.807) is 50.2 Å². The number of hydrogen-bond donors (Lipinski definition) is 0. The lowest BCUT2D eigenvalue weighted by Gasteiger charge is -2.26. The Morgan fingerprint density at radius 2 is 1.91 bits per heavy atom. The van der Waals surface area contributed by atoms with Gasteiger partial charge in [0.1, 0.15) is 24.2 Å². The van der Waals surface area contributed by atoms with E-state index in [1.807, 2.05) is 13.8 Å². The molecule has 1 atom stereocenters. The molecule has 46 heavy (non-hydrogen) atoms. The van der Waals surface area contributed by atoms with E-state index in [-0.39, 0.29) is 50.9 Å². The van der Waals surface area contributed by atoms with Crippen molar-refractivity contribution >= 4 is 45.0 Å². The Morgan fingerprint density at radius 3 is 2.61 bits per heavy atom. The molecule has 0 radical (unpaired) electrons. The zero-order valence-corrected chi connectivity index (χ0v) is 27.7. The molecule has 0 bridgehead atoms. The van der Waals surface area contributed by atoms with Crippen molar-refractivity contribution in [3.63, 3.8) is 0 Å². The predicted octanol–water partition coefficient (Wildman–Crippen LogP) is 5.97. The van der Waals surface area contributed by atoms with Crippen LogP contribution in [0.25, 0.3) is 6.08 Å². The van der Waals surface area contributed by atoms with Gasteiger partial charge in [-0.3, -0.25) is 19.5 Å². The van der Waals surface area contributed by atoms with Crippen LogP contribution in [0, 0.1) is 15.9 Å². The van der Waals surface area contributed by atoms with Gasteiger partial charge >= 0.3 is 11.7 Å². The summed E-state index contributed by atoms with van der Waals surface area (Å²) in [6.45, 7) is 7.04. The summed E-state index contributed by atoms with van der Waals surface area (Å²) in [4.78, 5) is 43.7. The number of rotatable bonds is 10. The number of halogens is 2. The smallest absolute Gasteiger partial charge is 0.338 e. The largest absolute Gasteiger partial charge is 0.491 e. The lowest BCUT2D eigenvalue weighted by atomic mass is 9.95. The van der Waals surface area contributed by atoms with E-state index in [2.05, 4.69) is 20.9 Å². The van der Waals surface area contributed by atoms with Gasteiger partial charge in [0.2, 0.25) is 5.75 Å². The molecule has 5 rings (SSSR count). The van der Waals surface area contributed by atoms with Crippen molar-refractivity contribution in [3.05, 3.63) is 129 Å². The number of benzene rings is 3. The van der Waals surface area contributed by atoms with Gasteiger partial charge < -0.3 is 14.2 Å². The number of para-hydroxylation sites is 1. The van der Waals surface area contributed by atoms with Gasteiger partial charge in [-0.2, -0.15) is 0 Å². The monoisotopic (exact) mass is 709 g/mol. The van der Waals surface area contributed by atoms with Crippen molar-refractivity contribution in [2.75, 3.05) is 6.61 Å². The topological polar surface area (TPSA) is 122 Å². The van der Waals surface area contributed by atoms with Crippen LogP contribution >= 0.6 is 27.3 Å². The van der Waals surface area contributed by atoms with Crippen molar-refractivity contribution in [1.82, 2.24) is 4.57 Å². The first-order valence-corrected chi connectivity index (χ1v) is 15.9. The second-order valence-electron chi connectivity index (χ2n) is 10.5. The van der Waals surface area contributed by atoms with E-state index < -0.39 is 28.3 Å². The molecule has 4 aromatic rings. The Labute approximate surface area is 275 Å². The number of thiazole rings is 1. The summed E-state index contributed by atoms with van der Waals surface area (Å²) in [6.07, 6.45) is 1.33. The number of nitrogens with zero attached hydrogens (tertiary/aromatic N) is 3. The summed E-state index contributed by atoms with van der Waals surface area (Å²) in [5.41, 5.74) is 0.922. The average Bonchev–Trinajstić information content (AvgIpc) is 3.30. The van der Waals surface area contributed by atoms with E-state index in [9.17, 15) is 24.1 Å². The van der Waals surface area contributed by atoms with Crippen molar-refractivity contribution in [2.24, 2.45) is 4.99 Å². The van der Waals surface area contributed by atoms with Gasteiger partial charge in [-0.15, -0.1) is 0 Å². The van der Waals surface area contributed by atoms with Gasteiger partial charge in [-0.25, -0.2) is 14.2 Å². The maximum atomic E-state index is 14.1. The minimum absolute atomic E-state index is 0.0803. The summed E-state index contributed by atoms with van der Waals surface area (Å²) in [5, 5.41) is 12.1. The molecular weight excluding hydrogens is 681 g/mol. The fourth-order valence-electron chi connectivity index (χ4n) is 5.03. The van der Waals surface area contributed by atoms with Crippen LogP contribution < -0.4 is 24.4 Å². The van der Waals surface area contributed by atoms with E-state index in [0.717, 1.165) is 11.3 Å². The fraction of sp³-hybridized carbons (Fsp3) is 0.242. The lowest BCUT2D eigenvalue weighted by Crippen LogP contribution is -2.40. The van der Waals surface area contributed by atoms with E-state index in [4.69, 9.17) is 14.2 Å². The van der Waals surface area contributed by atoms with Gasteiger partial charge in [0.15, 0.2) is 4.80 Å². The highest BCUT2D eigenvalue weighted by Gasteiger charge is 2.35. The third-order valence-corrected chi connectivity index (χ3v) is 8.54. The highest BCUT2D eigenvalue weighted by molar-refractivity contribution is 9.10. The number of nitro groups is 1. The molecule has 0 N–H and O–H groups in total. The second-order valence-corrected chi connectivity index (χ2v) is 12.4. The molecule has 1 aliphatic heterocycles. The van der Waals surface area contributed by atoms with Crippen LogP contribution in [0.3, 0.4) is 0 Å². The van der Waals surface area contributed by atoms with Crippen molar-refractivity contribution in [1.29, 1.82) is 0 Å². The second kappa shape index (κ2) is 13.8. The van der Waals surface area contributed by atoms with Gasteiger partial charge in [0.05, 0.1) is 37.9 Å². The van der Waals surface area contributed by atoms with Crippen LogP contribution in [0.1, 0.15) is 50.4 Å².